The Kier molecular flexibility index (Phi) is 3.16. The molecule has 21 heavy (non-hydrogen) atoms. The molecular weight excluding hydrogens is 268 g/mol. The largest absolute Gasteiger partial charge is 0.481 e. The van der Waals surface area contributed by atoms with Crippen LogP contribution in [0.4, 0.5) is 0 Å². The van der Waals surface area contributed by atoms with Gasteiger partial charge in [-0.05, 0) is 57.3 Å². The van der Waals surface area contributed by atoms with Gasteiger partial charge in [-0.3, -0.25) is 9.59 Å². The van der Waals surface area contributed by atoms with E-state index in [1.165, 1.54) is 0 Å². The SMILES string of the molecule is C[C@]12CCC[C@@](C)(C(=O)O)C1CC[C@@]1(C)OC(=O)CCC21. The Labute approximate surface area is 126 Å². The number of esters is 1. The van der Waals surface area contributed by atoms with Crippen molar-refractivity contribution >= 4 is 11.9 Å². The van der Waals surface area contributed by atoms with Crippen molar-refractivity contribution < 1.29 is 19.4 Å². The summed E-state index contributed by atoms with van der Waals surface area (Å²) in [7, 11) is 0. The first-order valence-electron chi connectivity index (χ1n) is 8.18. The normalized spacial score (nSPS) is 49.8. The summed E-state index contributed by atoms with van der Waals surface area (Å²) in [6, 6.07) is 0. The van der Waals surface area contributed by atoms with Crippen molar-refractivity contribution in [3.8, 4) is 0 Å². The molecule has 0 radical (unpaired) electrons. The Hall–Kier alpha value is -1.06. The second kappa shape index (κ2) is 4.47. The molecule has 0 aromatic rings. The number of carbonyl (C=O) groups is 2. The van der Waals surface area contributed by atoms with Gasteiger partial charge in [-0.2, -0.15) is 0 Å². The highest BCUT2D eigenvalue weighted by Crippen LogP contribution is 2.64. The van der Waals surface area contributed by atoms with Crippen molar-refractivity contribution in [1.82, 2.24) is 0 Å². The van der Waals surface area contributed by atoms with Gasteiger partial charge in [0.05, 0.1) is 5.41 Å². The first kappa shape index (κ1) is 14.9. The van der Waals surface area contributed by atoms with Gasteiger partial charge in [0.15, 0.2) is 0 Å². The fourth-order valence-electron chi connectivity index (χ4n) is 5.87. The summed E-state index contributed by atoms with van der Waals surface area (Å²) >= 11 is 0. The van der Waals surface area contributed by atoms with Gasteiger partial charge in [0.2, 0.25) is 0 Å². The third kappa shape index (κ3) is 1.94. The molecule has 0 aromatic heterocycles. The van der Waals surface area contributed by atoms with E-state index >= 15 is 0 Å². The average molecular weight is 294 g/mol. The zero-order valence-electron chi connectivity index (χ0n) is 13.3. The maximum Gasteiger partial charge on any atom is 0.309 e. The van der Waals surface area contributed by atoms with E-state index in [2.05, 4.69) is 13.8 Å². The first-order chi connectivity index (χ1) is 9.72. The summed E-state index contributed by atoms with van der Waals surface area (Å²) in [6.07, 6.45) is 5.75. The summed E-state index contributed by atoms with van der Waals surface area (Å²) in [5, 5.41) is 9.77. The number of ether oxygens (including phenoxy) is 1. The number of hydrogen-bond donors (Lipinski definition) is 1. The van der Waals surface area contributed by atoms with Crippen LogP contribution in [0.3, 0.4) is 0 Å². The summed E-state index contributed by atoms with van der Waals surface area (Å²) in [6.45, 7) is 6.23. The Bertz CT molecular complexity index is 487. The Morgan fingerprint density at radius 3 is 2.52 bits per heavy atom. The van der Waals surface area contributed by atoms with Crippen LogP contribution in [0.2, 0.25) is 0 Å². The highest BCUT2D eigenvalue weighted by Gasteiger charge is 2.63. The molecule has 2 unspecified atom stereocenters. The summed E-state index contributed by atoms with van der Waals surface area (Å²) in [5.41, 5.74) is -1.05. The second-order valence-electron chi connectivity index (χ2n) is 8.05. The fraction of sp³-hybridized carbons (Fsp3) is 0.882. The molecule has 0 amide bonds. The van der Waals surface area contributed by atoms with Gasteiger partial charge in [-0.15, -0.1) is 0 Å². The molecule has 2 aliphatic carbocycles. The predicted octanol–water partition coefficient (Wildman–Crippen LogP) is 3.39. The summed E-state index contributed by atoms with van der Waals surface area (Å²) in [5.74, 6) is -0.269. The van der Waals surface area contributed by atoms with Crippen LogP contribution in [0.25, 0.3) is 0 Å². The van der Waals surface area contributed by atoms with Gasteiger partial charge in [0.25, 0.3) is 0 Å². The number of hydrogen-bond acceptors (Lipinski definition) is 3. The van der Waals surface area contributed by atoms with Crippen LogP contribution in [0.1, 0.15) is 65.7 Å². The minimum atomic E-state index is -0.658. The summed E-state index contributed by atoms with van der Waals surface area (Å²) < 4.78 is 5.73. The lowest BCUT2D eigenvalue weighted by Crippen LogP contribution is -2.62. The molecule has 1 aliphatic heterocycles. The zero-order chi connectivity index (χ0) is 15.5. The van der Waals surface area contributed by atoms with E-state index in [9.17, 15) is 14.7 Å². The zero-order valence-corrected chi connectivity index (χ0v) is 13.3. The van der Waals surface area contributed by atoms with Gasteiger partial charge in [0.1, 0.15) is 5.60 Å². The van der Waals surface area contributed by atoms with Crippen molar-refractivity contribution in [2.75, 3.05) is 0 Å². The monoisotopic (exact) mass is 294 g/mol. The Morgan fingerprint density at radius 1 is 1.14 bits per heavy atom. The van der Waals surface area contributed by atoms with Crippen LogP contribution in [0.15, 0.2) is 0 Å². The highest BCUT2D eigenvalue weighted by atomic mass is 16.6. The van der Waals surface area contributed by atoms with E-state index in [1.54, 1.807) is 0 Å². The molecule has 3 fully saturated rings. The minimum absolute atomic E-state index is 0.0287. The Balaban J connectivity index is 1.99. The molecule has 4 nitrogen and oxygen atoms in total. The van der Waals surface area contributed by atoms with Gasteiger partial charge in [0, 0.05) is 12.3 Å². The lowest BCUT2D eigenvalue weighted by molar-refractivity contribution is -0.220. The standard InChI is InChI=1S/C17H26O4/c1-15-8-4-9-16(2,14(19)20)11(15)7-10-17(3)12(15)5-6-13(18)21-17/h11-12H,4-10H2,1-3H3,(H,19,20)/t11?,12?,15-,16+,17+/m0/s1. The van der Waals surface area contributed by atoms with Crippen molar-refractivity contribution in [3.05, 3.63) is 0 Å². The van der Waals surface area contributed by atoms with E-state index in [1.807, 2.05) is 6.92 Å². The maximum absolute atomic E-state index is 11.9. The van der Waals surface area contributed by atoms with Crippen LogP contribution >= 0.6 is 0 Å². The van der Waals surface area contributed by atoms with Crippen LogP contribution in [0.5, 0.6) is 0 Å². The lowest BCUT2D eigenvalue weighted by atomic mass is 9.44. The third-order valence-corrected chi connectivity index (χ3v) is 6.91. The molecule has 1 N–H and O–H groups in total. The summed E-state index contributed by atoms with van der Waals surface area (Å²) in [4.78, 5) is 23.6. The number of carboxylic acids is 1. The molecule has 1 saturated heterocycles. The first-order valence-corrected chi connectivity index (χ1v) is 8.18. The van der Waals surface area contributed by atoms with Crippen LogP contribution in [-0.2, 0) is 14.3 Å². The second-order valence-corrected chi connectivity index (χ2v) is 8.05. The molecule has 0 aromatic carbocycles. The quantitative estimate of drug-likeness (QED) is 0.753. The molecule has 3 rings (SSSR count). The number of carbonyl (C=O) groups excluding carboxylic acids is 1. The molecule has 2 saturated carbocycles. The van der Waals surface area contributed by atoms with Crippen molar-refractivity contribution in [3.63, 3.8) is 0 Å². The van der Waals surface area contributed by atoms with Crippen LogP contribution in [-0.4, -0.2) is 22.6 Å². The number of carboxylic acid groups (broad SMARTS) is 1. The van der Waals surface area contributed by atoms with Crippen molar-refractivity contribution in [2.24, 2.45) is 22.7 Å². The predicted molar refractivity (Wildman–Crippen MR) is 77.6 cm³/mol. The van der Waals surface area contributed by atoms with E-state index in [0.717, 1.165) is 38.5 Å². The molecule has 4 heteroatoms. The third-order valence-electron chi connectivity index (χ3n) is 6.91. The highest BCUT2D eigenvalue weighted by molar-refractivity contribution is 5.75. The maximum atomic E-state index is 11.9. The van der Waals surface area contributed by atoms with Gasteiger partial charge in [-0.25, -0.2) is 0 Å². The van der Waals surface area contributed by atoms with Crippen LogP contribution < -0.4 is 0 Å². The molecule has 5 atom stereocenters. The Morgan fingerprint density at radius 2 is 1.86 bits per heavy atom. The fourth-order valence-corrected chi connectivity index (χ4v) is 5.87. The van der Waals surface area contributed by atoms with E-state index in [-0.39, 0.29) is 17.3 Å². The topological polar surface area (TPSA) is 63.6 Å². The van der Waals surface area contributed by atoms with Gasteiger partial charge >= 0.3 is 11.9 Å². The van der Waals surface area contributed by atoms with Crippen molar-refractivity contribution in [2.45, 2.75) is 71.3 Å². The van der Waals surface area contributed by atoms with Gasteiger partial charge < -0.3 is 9.84 Å². The molecule has 0 bridgehead atoms. The number of aliphatic carboxylic acids is 1. The van der Waals surface area contributed by atoms with Crippen LogP contribution in [0, 0.1) is 22.7 Å². The molecule has 1 heterocycles. The van der Waals surface area contributed by atoms with E-state index in [4.69, 9.17) is 4.74 Å². The molecule has 0 spiro atoms. The lowest BCUT2D eigenvalue weighted by Gasteiger charge is -2.62. The van der Waals surface area contributed by atoms with Crippen molar-refractivity contribution in [1.29, 1.82) is 0 Å². The van der Waals surface area contributed by atoms with E-state index < -0.39 is 17.0 Å². The smallest absolute Gasteiger partial charge is 0.309 e. The van der Waals surface area contributed by atoms with Gasteiger partial charge in [-0.1, -0.05) is 13.3 Å². The minimum Gasteiger partial charge on any atom is -0.481 e. The molecule has 118 valence electrons. The number of rotatable bonds is 1. The molecular formula is C17H26O4. The van der Waals surface area contributed by atoms with E-state index in [0.29, 0.717) is 12.3 Å². The number of fused-ring (bicyclic) bond motifs is 3. The average Bonchev–Trinajstić information content (AvgIpc) is 2.36. The molecule has 3 aliphatic rings.